The third kappa shape index (κ3) is 2.45. The second kappa shape index (κ2) is 4.97. The van der Waals surface area contributed by atoms with Crippen molar-refractivity contribution in [3.05, 3.63) is 29.3 Å². The molecule has 2 rings (SSSR count). The summed E-state index contributed by atoms with van der Waals surface area (Å²) in [6.07, 6.45) is -6.82. The van der Waals surface area contributed by atoms with Crippen molar-refractivity contribution in [2.75, 3.05) is 4.90 Å². The van der Waals surface area contributed by atoms with Gasteiger partial charge in [0.15, 0.2) is 0 Å². The van der Waals surface area contributed by atoms with Crippen LogP contribution in [0.25, 0.3) is 0 Å². The number of benzene rings is 1. The summed E-state index contributed by atoms with van der Waals surface area (Å²) in [4.78, 5) is 12.1. The van der Waals surface area contributed by atoms with E-state index in [1.807, 2.05) is 0 Å². The molecule has 1 heterocycles. The topological polar surface area (TPSA) is 69.4 Å². The minimum absolute atomic E-state index is 0.00539. The highest BCUT2D eigenvalue weighted by Crippen LogP contribution is 2.40. The molecule has 1 aliphatic rings. The van der Waals surface area contributed by atoms with Crippen molar-refractivity contribution in [2.45, 2.75) is 38.0 Å². The van der Waals surface area contributed by atoms with Crippen LogP contribution >= 0.6 is 0 Å². The molecular formula is C13H14F3N2O2-. The third-order valence-corrected chi connectivity index (χ3v) is 3.34. The number of anilines is 1. The van der Waals surface area contributed by atoms with E-state index in [1.54, 1.807) is 0 Å². The number of nitrogens with two attached hydrogens (primary N) is 1. The number of amides is 1. The van der Waals surface area contributed by atoms with Crippen molar-refractivity contribution in [3.63, 3.8) is 0 Å². The summed E-state index contributed by atoms with van der Waals surface area (Å²) < 4.78 is 60.2. The molecule has 2 unspecified atom stereocenters. The summed E-state index contributed by atoms with van der Waals surface area (Å²) in [6.45, 7) is -2.40. The second-order valence-corrected chi connectivity index (χ2v) is 4.61. The van der Waals surface area contributed by atoms with Crippen LogP contribution < -0.4 is 15.7 Å². The minimum Gasteiger partial charge on any atom is -0.530 e. The number of carboxylic acid groups (broad SMARTS) is 1. The normalized spacial score (nSPS) is 25.4. The molecule has 4 nitrogen and oxygen atoms in total. The van der Waals surface area contributed by atoms with Crippen LogP contribution in [0.15, 0.2) is 18.2 Å². The van der Waals surface area contributed by atoms with Gasteiger partial charge in [0, 0.05) is 21.9 Å². The highest BCUT2D eigenvalue weighted by Gasteiger charge is 2.35. The first-order valence-corrected chi connectivity index (χ1v) is 5.87. The molecular weight excluding hydrogens is 273 g/mol. The Bertz CT molecular complexity index is 619. The fraction of sp³-hybridized carbons (Fsp3) is 0.462. The van der Waals surface area contributed by atoms with Gasteiger partial charge in [-0.1, -0.05) is 6.85 Å². The summed E-state index contributed by atoms with van der Waals surface area (Å²) in [6, 6.07) is 0.641. The zero-order chi connectivity index (χ0) is 17.6. The molecule has 2 atom stereocenters. The van der Waals surface area contributed by atoms with Crippen molar-refractivity contribution in [2.24, 2.45) is 5.73 Å². The number of nitrogens with zero attached hydrogens (tertiary/aromatic N) is 1. The van der Waals surface area contributed by atoms with E-state index in [9.17, 15) is 23.1 Å². The van der Waals surface area contributed by atoms with Crippen molar-refractivity contribution in [3.8, 4) is 0 Å². The number of carbonyl (C=O) groups excluding carboxylic acids is 1. The first-order valence-electron chi connectivity index (χ1n) is 7.37. The van der Waals surface area contributed by atoms with Gasteiger partial charge in [-0.15, -0.1) is 0 Å². The maximum atomic E-state index is 12.8. The van der Waals surface area contributed by atoms with Gasteiger partial charge in [-0.25, -0.2) is 0 Å². The van der Waals surface area contributed by atoms with Crippen molar-refractivity contribution >= 4 is 11.8 Å². The number of carbonyl (C=O) groups is 1. The molecule has 0 radical (unpaired) electrons. The van der Waals surface area contributed by atoms with Crippen LogP contribution in [0.2, 0.25) is 0 Å². The molecule has 2 N–H and O–H groups in total. The number of rotatable bonds is 1. The van der Waals surface area contributed by atoms with E-state index >= 15 is 0 Å². The van der Waals surface area contributed by atoms with Crippen LogP contribution in [0, 0.1) is 0 Å². The SMILES string of the molecule is [2H]C([2H])([2H])CC1CC(N)c2cc(C(F)(F)F)ccc2N1C(=O)[O-]. The molecule has 7 heteroatoms. The molecule has 1 amide bonds. The zero-order valence-corrected chi connectivity index (χ0v) is 10.3. The minimum atomic E-state index is -4.59. The van der Waals surface area contributed by atoms with Gasteiger partial charge >= 0.3 is 6.18 Å². The van der Waals surface area contributed by atoms with Gasteiger partial charge in [0.2, 0.25) is 0 Å². The van der Waals surface area contributed by atoms with Crippen LogP contribution in [0.5, 0.6) is 0 Å². The molecule has 0 bridgehead atoms. The van der Waals surface area contributed by atoms with Gasteiger partial charge in [-0.3, -0.25) is 0 Å². The monoisotopic (exact) mass is 290 g/mol. The van der Waals surface area contributed by atoms with Crippen molar-refractivity contribution in [1.29, 1.82) is 0 Å². The zero-order valence-electron chi connectivity index (χ0n) is 13.3. The first-order chi connectivity index (χ1) is 10.4. The van der Waals surface area contributed by atoms with Crippen LogP contribution in [-0.4, -0.2) is 12.1 Å². The molecule has 1 aliphatic heterocycles. The Kier molecular flexibility index (Phi) is 2.72. The van der Waals surface area contributed by atoms with E-state index < -0.39 is 43.2 Å². The molecule has 1 aromatic carbocycles. The predicted octanol–water partition coefficient (Wildman–Crippen LogP) is 2.04. The summed E-state index contributed by atoms with van der Waals surface area (Å²) in [5.41, 5.74) is 4.84. The predicted molar refractivity (Wildman–Crippen MR) is 64.9 cm³/mol. The highest BCUT2D eigenvalue weighted by atomic mass is 19.4. The molecule has 0 saturated carbocycles. The third-order valence-electron chi connectivity index (χ3n) is 3.34. The van der Waals surface area contributed by atoms with Crippen LogP contribution in [-0.2, 0) is 6.18 Å². The standard InChI is InChI=1S/C13H15F3N2O2/c1-2-8-6-10(17)9-5-7(13(14,15)16)3-4-11(9)18(8)12(19)20/h3-5,8,10H,2,6,17H2,1H3,(H,19,20)/p-1/i1D3. The maximum Gasteiger partial charge on any atom is 0.416 e. The average Bonchev–Trinajstić information content (AvgIpc) is 2.34. The van der Waals surface area contributed by atoms with E-state index in [4.69, 9.17) is 9.85 Å². The number of hydrogen-bond donors (Lipinski definition) is 1. The average molecular weight is 290 g/mol. The van der Waals surface area contributed by atoms with Gasteiger partial charge in [0.25, 0.3) is 0 Å². The molecule has 1 aromatic rings. The van der Waals surface area contributed by atoms with Crippen LogP contribution in [0.4, 0.5) is 23.7 Å². The molecule has 20 heavy (non-hydrogen) atoms. The van der Waals surface area contributed by atoms with Gasteiger partial charge in [0.1, 0.15) is 6.09 Å². The van der Waals surface area contributed by atoms with E-state index in [1.165, 1.54) is 0 Å². The summed E-state index contributed by atoms with van der Waals surface area (Å²) in [7, 11) is 0. The van der Waals surface area contributed by atoms with Gasteiger partial charge in [-0.2, -0.15) is 13.2 Å². The largest absolute Gasteiger partial charge is 0.530 e. The maximum absolute atomic E-state index is 12.8. The second-order valence-electron chi connectivity index (χ2n) is 4.61. The van der Waals surface area contributed by atoms with E-state index in [2.05, 4.69) is 0 Å². The Morgan fingerprint density at radius 2 is 2.30 bits per heavy atom. The van der Waals surface area contributed by atoms with E-state index in [0.717, 1.165) is 18.2 Å². The van der Waals surface area contributed by atoms with Gasteiger partial charge < -0.3 is 20.5 Å². The van der Waals surface area contributed by atoms with Crippen LogP contribution in [0.1, 0.15) is 41.0 Å². The van der Waals surface area contributed by atoms with Crippen LogP contribution in [0.3, 0.4) is 0 Å². The Morgan fingerprint density at radius 3 is 2.85 bits per heavy atom. The van der Waals surface area contributed by atoms with E-state index in [-0.39, 0.29) is 17.7 Å². The molecule has 0 saturated heterocycles. The lowest BCUT2D eigenvalue weighted by Gasteiger charge is -2.41. The Labute approximate surface area is 118 Å². The number of hydrogen-bond acceptors (Lipinski definition) is 3. The van der Waals surface area contributed by atoms with Crippen molar-refractivity contribution in [1.82, 2.24) is 0 Å². The fourth-order valence-corrected chi connectivity index (χ4v) is 2.39. The Balaban J connectivity index is 2.49. The Hall–Kier alpha value is -1.76. The summed E-state index contributed by atoms with van der Waals surface area (Å²) >= 11 is 0. The fourth-order valence-electron chi connectivity index (χ4n) is 2.39. The lowest BCUT2D eigenvalue weighted by atomic mass is 9.89. The molecule has 110 valence electrons. The quantitative estimate of drug-likeness (QED) is 0.860. The lowest BCUT2D eigenvalue weighted by molar-refractivity contribution is -0.247. The van der Waals surface area contributed by atoms with Gasteiger partial charge in [-0.05, 0) is 36.6 Å². The molecule has 0 fully saturated rings. The highest BCUT2D eigenvalue weighted by molar-refractivity contribution is 5.87. The lowest BCUT2D eigenvalue weighted by Crippen LogP contribution is -2.51. The van der Waals surface area contributed by atoms with Crippen molar-refractivity contribution < 1.29 is 27.2 Å². The Morgan fingerprint density at radius 1 is 1.60 bits per heavy atom. The summed E-state index contributed by atoms with van der Waals surface area (Å²) in [5.74, 6) is 0. The van der Waals surface area contributed by atoms with Gasteiger partial charge in [0.05, 0.1) is 5.56 Å². The summed E-state index contributed by atoms with van der Waals surface area (Å²) in [5, 5.41) is 11.4. The number of alkyl halides is 3. The molecule has 0 aliphatic carbocycles. The molecule has 0 aromatic heterocycles. The first kappa shape index (κ1) is 11.0. The van der Waals surface area contributed by atoms with E-state index in [0.29, 0.717) is 4.90 Å². The molecule has 0 spiro atoms. The number of halogens is 3. The smallest absolute Gasteiger partial charge is 0.416 e. The number of fused-ring (bicyclic) bond motifs is 1.